The third kappa shape index (κ3) is 3.61. The van der Waals surface area contributed by atoms with Crippen LogP contribution in [0.2, 0.25) is 0 Å². The lowest BCUT2D eigenvalue weighted by molar-refractivity contribution is -0.134. The molecule has 8 nitrogen and oxygen atoms in total. The molecule has 2 N–H and O–H groups in total. The maximum absolute atomic E-state index is 12.2. The van der Waals surface area contributed by atoms with Gasteiger partial charge in [-0.2, -0.15) is 0 Å². The molecule has 2 amide bonds. The van der Waals surface area contributed by atoms with Crippen molar-refractivity contribution < 1.29 is 19.4 Å². The van der Waals surface area contributed by atoms with Crippen LogP contribution < -0.4 is 5.32 Å². The summed E-state index contributed by atoms with van der Waals surface area (Å²) in [5.41, 5.74) is 2.45. The number of carbonyl (C=O) groups is 2. The fourth-order valence-electron chi connectivity index (χ4n) is 3.79. The number of benzene rings is 1. The van der Waals surface area contributed by atoms with Gasteiger partial charge in [0, 0.05) is 18.2 Å². The molecule has 1 saturated heterocycles. The molecule has 8 heteroatoms. The lowest BCUT2D eigenvalue weighted by atomic mass is 9.92. The van der Waals surface area contributed by atoms with Gasteiger partial charge in [-0.05, 0) is 18.9 Å². The van der Waals surface area contributed by atoms with E-state index in [2.05, 4.69) is 15.6 Å². The quantitative estimate of drug-likeness (QED) is 0.740. The van der Waals surface area contributed by atoms with Crippen LogP contribution in [-0.4, -0.2) is 50.7 Å². The molecule has 2 aliphatic rings. The van der Waals surface area contributed by atoms with Gasteiger partial charge in [0.05, 0.1) is 30.4 Å². The molecule has 1 unspecified atom stereocenters. The number of aromatic nitrogens is 3. The minimum Gasteiger partial charge on any atom is -0.394 e. The van der Waals surface area contributed by atoms with Gasteiger partial charge in [0.15, 0.2) is 0 Å². The normalized spacial score (nSPS) is 27.6. The first kappa shape index (κ1) is 18.5. The fraction of sp³-hybridized carbons (Fsp3) is 0.400. The van der Waals surface area contributed by atoms with E-state index in [0.29, 0.717) is 18.4 Å². The van der Waals surface area contributed by atoms with Crippen molar-refractivity contribution in [3.8, 4) is 0 Å². The minimum atomic E-state index is -0.566. The number of nitrogens with zero attached hydrogens (tertiary/aromatic N) is 3. The van der Waals surface area contributed by atoms with E-state index in [1.807, 2.05) is 36.5 Å². The summed E-state index contributed by atoms with van der Waals surface area (Å²) in [7, 11) is 0. The molecule has 0 radical (unpaired) electrons. The van der Waals surface area contributed by atoms with Crippen LogP contribution in [0.25, 0.3) is 0 Å². The number of nitrogens with one attached hydrogen (secondary N) is 1. The third-order valence-corrected chi connectivity index (χ3v) is 5.29. The first-order chi connectivity index (χ1) is 13.5. The maximum Gasteiger partial charge on any atom is 0.253 e. The molecule has 1 fully saturated rings. The summed E-state index contributed by atoms with van der Waals surface area (Å²) in [6.45, 7) is 1.48. The fourth-order valence-corrected chi connectivity index (χ4v) is 3.79. The molecule has 4 rings (SSSR count). The number of ether oxygens (including phenoxy) is 1. The number of hydrogen-bond donors (Lipinski definition) is 2. The van der Waals surface area contributed by atoms with Crippen molar-refractivity contribution >= 4 is 11.8 Å². The Balaban J connectivity index is 1.51. The van der Waals surface area contributed by atoms with Crippen molar-refractivity contribution in [1.29, 1.82) is 0 Å². The smallest absolute Gasteiger partial charge is 0.253 e. The van der Waals surface area contributed by atoms with E-state index < -0.39 is 18.1 Å². The SMILES string of the molecule is CC1=CC([C@H]2C[C@H](n3cc(Cc4ccccc4)nn3)[C@@H](CO)O2)C(=O)NC1=O. The van der Waals surface area contributed by atoms with Crippen LogP contribution in [0, 0.1) is 5.92 Å². The molecule has 28 heavy (non-hydrogen) atoms. The molecule has 1 aromatic carbocycles. The summed E-state index contributed by atoms with van der Waals surface area (Å²) < 4.78 is 7.65. The molecule has 0 saturated carbocycles. The van der Waals surface area contributed by atoms with Crippen molar-refractivity contribution in [3.63, 3.8) is 0 Å². The van der Waals surface area contributed by atoms with E-state index in [4.69, 9.17) is 4.74 Å². The Kier molecular flexibility index (Phi) is 5.06. The molecule has 1 aromatic heterocycles. The number of amides is 2. The van der Waals surface area contributed by atoms with E-state index in [0.717, 1.165) is 11.3 Å². The average molecular weight is 382 g/mol. The highest BCUT2D eigenvalue weighted by Gasteiger charge is 2.43. The molecule has 0 aliphatic carbocycles. The van der Waals surface area contributed by atoms with Crippen LogP contribution in [0.4, 0.5) is 0 Å². The molecule has 146 valence electrons. The van der Waals surface area contributed by atoms with Crippen molar-refractivity contribution in [3.05, 3.63) is 59.4 Å². The number of aliphatic hydroxyl groups excluding tert-OH is 1. The molecule has 0 spiro atoms. The van der Waals surface area contributed by atoms with E-state index in [1.165, 1.54) is 0 Å². The summed E-state index contributed by atoms with van der Waals surface area (Å²) in [5, 5.41) is 20.6. The van der Waals surface area contributed by atoms with Crippen LogP contribution in [0.15, 0.2) is 48.2 Å². The molecule has 2 aromatic rings. The van der Waals surface area contributed by atoms with Crippen LogP contribution in [0.1, 0.15) is 30.6 Å². The van der Waals surface area contributed by atoms with Crippen LogP contribution in [0.3, 0.4) is 0 Å². The highest BCUT2D eigenvalue weighted by Crippen LogP contribution is 2.35. The standard InChI is InChI=1S/C20H22N4O4/c1-12-7-15(20(27)21-19(12)26)17-9-16(18(11-25)28-17)24-10-14(22-23-24)8-13-5-3-2-4-6-13/h2-7,10,15-18,25H,8-9,11H2,1H3,(H,21,26,27)/t15?,16-,17+,18+/m0/s1. The van der Waals surface area contributed by atoms with Crippen molar-refractivity contribution in [2.45, 2.75) is 38.0 Å². The number of hydrogen-bond acceptors (Lipinski definition) is 6. The number of aliphatic hydroxyl groups is 1. The Labute approximate surface area is 162 Å². The van der Waals surface area contributed by atoms with E-state index in [9.17, 15) is 14.7 Å². The first-order valence-corrected chi connectivity index (χ1v) is 9.29. The van der Waals surface area contributed by atoms with Gasteiger partial charge in [0.2, 0.25) is 5.91 Å². The van der Waals surface area contributed by atoms with Gasteiger partial charge in [-0.1, -0.05) is 41.6 Å². The minimum absolute atomic E-state index is 0.189. The second kappa shape index (κ2) is 7.65. The number of imide groups is 1. The van der Waals surface area contributed by atoms with Gasteiger partial charge in [0.25, 0.3) is 5.91 Å². The summed E-state index contributed by atoms with van der Waals surface area (Å²) in [6.07, 6.45) is 3.73. The molecule has 2 aliphatic heterocycles. The monoisotopic (exact) mass is 382 g/mol. The van der Waals surface area contributed by atoms with Crippen molar-refractivity contribution in [2.75, 3.05) is 6.61 Å². The van der Waals surface area contributed by atoms with Gasteiger partial charge >= 0.3 is 0 Å². The van der Waals surface area contributed by atoms with Gasteiger partial charge in [-0.25, -0.2) is 4.68 Å². The summed E-state index contributed by atoms with van der Waals surface area (Å²) in [5.74, 6) is -1.32. The van der Waals surface area contributed by atoms with Crippen LogP contribution in [0.5, 0.6) is 0 Å². The largest absolute Gasteiger partial charge is 0.394 e. The van der Waals surface area contributed by atoms with Crippen LogP contribution >= 0.6 is 0 Å². The Morgan fingerprint density at radius 2 is 2.07 bits per heavy atom. The predicted octanol–water partition coefficient (Wildman–Crippen LogP) is 0.779. The van der Waals surface area contributed by atoms with Crippen molar-refractivity contribution in [1.82, 2.24) is 20.3 Å². The molecular formula is C20H22N4O4. The number of rotatable bonds is 5. The lowest BCUT2D eigenvalue weighted by Crippen LogP contribution is -2.44. The van der Waals surface area contributed by atoms with Gasteiger partial charge in [-0.3, -0.25) is 14.9 Å². The third-order valence-electron chi connectivity index (χ3n) is 5.29. The zero-order chi connectivity index (χ0) is 19.7. The van der Waals surface area contributed by atoms with E-state index >= 15 is 0 Å². The Hall–Kier alpha value is -2.84. The Morgan fingerprint density at radius 1 is 1.29 bits per heavy atom. The van der Waals surface area contributed by atoms with E-state index in [-0.39, 0.29) is 24.5 Å². The van der Waals surface area contributed by atoms with Gasteiger partial charge in [-0.15, -0.1) is 5.10 Å². The highest BCUT2D eigenvalue weighted by molar-refractivity contribution is 6.08. The van der Waals surface area contributed by atoms with Crippen LogP contribution in [-0.2, 0) is 20.7 Å². The zero-order valence-electron chi connectivity index (χ0n) is 15.5. The first-order valence-electron chi connectivity index (χ1n) is 9.29. The molecule has 3 heterocycles. The zero-order valence-corrected chi connectivity index (χ0v) is 15.5. The van der Waals surface area contributed by atoms with Gasteiger partial charge in [0.1, 0.15) is 6.10 Å². The summed E-state index contributed by atoms with van der Waals surface area (Å²) in [4.78, 5) is 23.8. The summed E-state index contributed by atoms with van der Waals surface area (Å²) >= 11 is 0. The predicted molar refractivity (Wildman–Crippen MR) is 99.1 cm³/mol. The Morgan fingerprint density at radius 3 is 2.82 bits per heavy atom. The molecule has 4 atom stereocenters. The topological polar surface area (TPSA) is 106 Å². The van der Waals surface area contributed by atoms with Gasteiger partial charge < -0.3 is 9.84 Å². The maximum atomic E-state index is 12.2. The highest BCUT2D eigenvalue weighted by atomic mass is 16.5. The lowest BCUT2D eigenvalue weighted by Gasteiger charge is -2.23. The second-order valence-corrected chi connectivity index (χ2v) is 7.24. The van der Waals surface area contributed by atoms with E-state index in [1.54, 1.807) is 17.7 Å². The van der Waals surface area contributed by atoms with Crippen molar-refractivity contribution in [2.24, 2.45) is 5.92 Å². The molecular weight excluding hydrogens is 360 g/mol. The summed E-state index contributed by atoms with van der Waals surface area (Å²) in [6, 6.07) is 9.75. The number of carbonyl (C=O) groups excluding carboxylic acids is 2. The Bertz CT molecular complexity index is 908. The molecule has 0 bridgehead atoms. The second-order valence-electron chi connectivity index (χ2n) is 7.24. The average Bonchev–Trinajstić information content (AvgIpc) is 3.32.